The van der Waals surface area contributed by atoms with Gasteiger partial charge in [-0.05, 0) is 26.0 Å². The maximum absolute atomic E-state index is 12.1. The van der Waals surface area contributed by atoms with Gasteiger partial charge in [0.2, 0.25) is 5.91 Å². The van der Waals surface area contributed by atoms with Crippen molar-refractivity contribution >= 4 is 32.9 Å². The summed E-state index contributed by atoms with van der Waals surface area (Å²) >= 11 is 1.16. The molecule has 0 saturated carbocycles. The Hall–Kier alpha value is -1.34. The topological polar surface area (TPSA) is 66.8 Å². The summed E-state index contributed by atoms with van der Waals surface area (Å²) in [6.07, 6.45) is 0. The van der Waals surface area contributed by atoms with Gasteiger partial charge in [0.25, 0.3) is 10.0 Å². The second-order valence-corrected chi connectivity index (χ2v) is 6.64. The maximum atomic E-state index is 12.1. The summed E-state index contributed by atoms with van der Waals surface area (Å²) in [7, 11) is -3.75. The molecule has 1 aromatic rings. The molecule has 102 valence electrons. The molecule has 1 aliphatic heterocycles. The van der Waals surface area contributed by atoms with Crippen molar-refractivity contribution in [1.82, 2.24) is 4.90 Å². The van der Waals surface area contributed by atoms with E-state index in [1.165, 1.54) is 17.0 Å². The molecule has 1 aromatic carbocycles. The second kappa shape index (κ2) is 5.34. The fourth-order valence-corrected chi connectivity index (χ4v) is 3.83. The fourth-order valence-electron chi connectivity index (χ4n) is 1.64. The molecule has 0 unspecified atom stereocenters. The van der Waals surface area contributed by atoms with Gasteiger partial charge in [0.1, 0.15) is 0 Å². The van der Waals surface area contributed by atoms with Crippen LogP contribution in [0.2, 0.25) is 0 Å². The average molecular weight is 298 g/mol. The molecule has 0 aliphatic carbocycles. The normalized spacial score (nSPS) is 18.3. The minimum absolute atomic E-state index is 0.106. The van der Waals surface area contributed by atoms with Gasteiger partial charge in [-0.1, -0.05) is 29.5 Å². The Bertz CT molecular complexity index is 621. The van der Waals surface area contributed by atoms with Crippen molar-refractivity contribution in [2.24, 2.45) is 4.40 Å². The third kappa shape index (κ3) is 2.98. The van der Waals surface area contributed by atoms with E-state index in [2.05, 4.69) is 4.40 Å². The molecule has 7 heteroatoms. The number of rotatable bonds is 3. The highest BCUT2D eigenvalue weighted by molar-refractivity contribution is 8.15. The lowest BCUT2D eigenvalue weighted by Gasteiger charge is -2.12. The molecule has 0 spiro atoms. The standard InChI is InChI=1S/C12H14N2O3S2/c1-3-14-11(15)8-18-12(14)13-19(16,17)10-6-4-9(2)5-7-10/h4-7H,3,8H2,1-2H3/b13-12-. The van der Waals surface area contributed by atoms with Crippen LogP contribution in [0.5, 0.6) is 0 Å². The van der Waals surface area contributed by atoms with Crippen LogP contribution in [-0.2, 0) is 14.8 Å². The summed E-state index contributed by atoms with van der Waals surface area (Å²) in [5.41, 5.74) is 0.979. The first-order valence-corrected chi connectivity index (χ1v) is 8.21. The zero-order valence-electron chi connectivity index (χ0n) is 10.7. The highest BCUT2D eigenvalue weighted by Gasteiger charge is 2.29. The van der Waals surface area contributed by atoms with Gasteiger partial charge >= 0.3 is 0 Å². The first kappa shape index (κ1) is 14.1. The van der Waals surface area contributed by atoms with E-state index in [4.69, 9.17) is 0 Å². The third-order valence-electron chi connectivity index (χ3n) is 2.69. The SMILES string of the molecule is CCN1C(=O)CS/C1=N\S(=O)(=O)c1ccc(C)cc1. The van der Waals surface area contributed by atoms with Crippen molar-refractivity contribution in [2.75, 3.05) is 12.3 Å². The Balaban J connectivity index is 2.36. The van der Waals surface area contributed by atoms with Crippen LogP contribution in [-0.4, -0.2) is 36.7 Å². The molecule has 19 heavy (non-hydrogen) atoms. The smallest absolute Gasteiger partial charge is 0.284 e. The Morgan fingerprint density at radius 2 is 1.95 bits per heavy atom. The number of hydrogen-bond acceptors (Lipinski definition) is 4. The average Bonchev–Trinajstić information content (AvgIpc) is 2.69. The zero-order valence-corrected chi connectivity index (χ0v) is 12.3. The molecule has 0 aromatic heterocycles. The van der Waals surface area contributed by atoms with Crippen molar-refractivity contribution < 1.29 is 13.2 Å². The molecule has 5 nitrogen and oxygen atoms in total. The number of hydrogen-bond donors (Lipinski definition) is 0. The molecule has 1 fully saturated rings. The minimum Gasteiger partial charge on any atom is -0.290 e. The lowest BCUT2D eigenvalue weighted by Crippen LogP contribution is -2.29. The largest absolute Gasteiger partial charge is 0.290 e. The highest BCUT2D eigenvalue weighted by Crippen LogP contribution is 2.22. The van der Waals surface area contributed by atoms with E-state index in [1.54, 1.807) is 19.1 Å². The lowest BCUT2D eigenvalue weighted by molar-refractivity contribution is -0.123. The summed E-state index contributed by atoms with van der Waals surface area (Å²) in [5, 5.41) is 0.257. The summed E-state index contributed by atoms with van der Waals surface area (Å²) in [6.45, 7) is 4.10. The first-order chi connectivity index (χ1) is 8.94. The van der Waals surface area contributed by atoms with Crippen LogP contribution in [0.1, 0.15) is 12.5 Å². The molecular weight excluding hydrogens is 284 g/mol. The number of nitrogens with zero attached hydrogens (tertiary/aromatic N) is 2. The van der Waals surface area contributed by atoms with Crippen molar-refractivity contribution in [3.05, 3.63) is 29.8 Å². The van der Waals surface area contributed by atoms with E-state index in [0.717, 1.165) is 17.3 Å². The van der Waals surface area contributed by atoms with E-state index in [1.807, 2.05) is 6.92 Å². The highest BCUT2D eigenvalue weighted by atomic mass is 32.2. The Morgan fingerprint density at radius 1 is 1.32 bits per heavy atom. The van der Waals surface area contributed by atoms with Crippen molar-refractivity contribution in [1.29, 1.82) is 0 Å². The quantitative estimate of drug-likeness (QED) is 0.850. The number of aryl methyl sites for hydroxylation is 1. The Kier molecular flexibility index (Phi) is 3.96. The predicted molar refractivity (Wildman–Crippen MR) is 75.6 cm³/mol. The van der Waals surface area contributed by atoms with Crippen LogP contribution in [0.25, 0.3) is 0 Å². The fraction of sp³-hybridized carbons (Fsp3) is 0.333. The number of amidine groups is 1. The molecule has 0 bridgehead atoms. The lowest BCUT2D eigenvalue weighted by atomic mass is 10.2. The van der Waals surface area contributed by atoms with E-state index in [0.29, 0.717) is 6.54 Å². The molecular formula is C12H14N2O3S2. The van der Waals surface area contributed by atoms with Crippen molar-refractivity contribution in [2.45, 2.75) is 18.7 Å². The van der Waals surface area contributed by atoms with Crippen LogP contribution in [0, 0.1) is 6.92 Å². The number of carbonyl (C=O) groups is 1. The third-order valence-corrected chi connectivity index (χ3v) is 5.05. The van der Waals surface area contributed by atoms with Crippen LogP contribution in [0.4, 0.5) is 0 Å². The van der Waals surface area contributed by atoms with Gasteiger partial charge in [0.15, 0.2) is 5.17 Å². The monoisotopic (exact) mass is 298 g/mol. The van der Waals surface area contributed by atoms with Gasteiger partial charge in [-0.3, -0.25) is 9.69 Å². The predicted octanol–water partition coefficient (Wildman–Crippen LogP) is 1.64. The van der Waals surface area contributed by atoms with Gasteiger partial charge in [-0.25, -0.2) is 0 Å². The molecule has 0 radical (unpaired) electrons. The van der Waals surface area contributed by atoms with E-state index >= 15 is 0 Å². The summed E-state index contributed by atoms with van der Waals surface area (Å²) < 4.78 is 28.0. The number of thioether (sulfide) groups is 1. The number of amides is 1. The molecule has 1 heterocycles. The van der Waals surface area contributed by atoms with Crippen LogP contribution in [0.15, 0.2) is 33.6 Å². The van der Waals surface area contributed by atoms with Crippen LogP contribution >= 0.6 is 11.8 Å². The summed E-state index contributed by atoms with van der Waals surface area (Å²) in [4.78, 5) is 13.0. The summed E-state index contributed by atoms with van der Waals surface area (Å²) in [5.74, 6) is 0.140. The van der Waals surface area contributed by atoms with E-state index in [-0.39, 0.29) is 21.7 Å². The van der Waals surface area contributed by atoms with E-state index in [9.17, 15) is 13.2 Å². The van der Waals surface area contributed by atoms with Gasteiger partial charge in [0.05, 0.1) is 10.6 Å². The molecule has 1 amide bonds. The number of carbonyl (C=O) groups excluding carboxylic acids is 1. The second-order valence-electron chi connectivity index (χ2n) is 4.09. The van der Waals surface area contributed by atoms with Crippen LogP contribution in [0.3, 0.4) is 0 Å². The van der Waals surface area contributed by atoms with Gasteiger partial charge in [-0.15, -0.1) is 4.40 Å². The Morgan fingerprint density at radius 3 is 2.53 bits per heavy atom. The van der Waals surface area contributed by atoms with Gasteiger partial charge in [-0.2, -0.15) is 8.42 Å². The molecule has 0 N–H and O–H groups in total. The number of benzene rings is 1. The van der Waals surface area contributed by atoms with Crippen molar-refractivity contribution in [3.63, 3.8) is 0 Å². The molecule has 1 saturated heterocycles. The van der Waals surface area contributed by atoms with Gasteiger partial charge < -0.3 is 0 Å². The molecule has 1 aliphatic rings. The maximum Gasteiger partial charge on any atom is 0.284 e. The van der Waals surface area contributed by atoms with E-state index < -0.39 is 10.0 Å². The minimum atomic E-state index is -3.75. The molecule has 0 atom stereocenters. The van der Waals surface area contributed by atoms with Crippen LogP contribution < -0.4 is 0 Å². The first-order valence-electron chi connectivity index (χ1n) is 5.79. The number of sulfonamides is 1. The Labute approximate surface area is 116 Å². The summed E-state index contributed by atoms with van der Waals surface area (Å²) in [6, 6.07) is 6.48. The van der Waals surface area contributed by atoms with Gasteiger partial charge in [0, 0.05) is 6.54 Å². The zero-order chi connectivity index (χ0) is 14.0. The van der Waals surface area contributed by atoms with Crippen molar-refractivity contribution in [3.8, 4) is 0 Å². The molecule has 2 rings (SSSR count).